The number of hydrogen-bond donors (Lipinski definition) is 1. The summed E-state index contributed by atoms with van der Waals surface area (Å²) in [5, 5.41) is 2.93. The number of hydrogen-bond acceptors (Lipinski definition) is 4. The lowest BCUT2D eigenvalue weighted by molar-refractivity contribution is -0.274. The molecular weight excluding hydrogens is 295 g/mol. The standard InChI is InChI=1S/C12H16F3NO3S/c1-3-16-11(8-20(2,17)18)9-5-4-6-10(7-9)19-12(13,14)15/h4-7,11,16H,3,8H2,1-2H3. The SMILES string of the molecule is CCNC(CS(C)(=O)=O)c1cccc(OC(F)(F)F)c1. The van der Waals surface area contributed by atoms with Crippen LogP contribution < -0.4 is 10.1 Å². The molecule has 0 amide bonds. The van der Waals surface area contributed by atoms with Crippen LogP contribution in [-0.2, 0) is 9.84 Å². The fourth-order valence-corrected chi connectivity index (χ4v) is 2.67. The minimum atomic E-state index is -4.77. The summed E-state index contributed by atoms with van der Waals surface area (Å²) in [6.07, 6.45) is -3.70. The lowest BCUT2D eigenvalue weighted by atomic mass is 10.1. The van der Waals surface area contributed by atoms with E-state index in [0.29, 0.717) is 12.1 Å². The molecule has 0 aromatic heterocycles. The van der Waals surface area contributed by atoms with Crippen molar-refractivity contribution in [1.29, 1.82) is 0 Å². The van der Waals surface area contributed by atoms with Crippen molar-refractivity contribution < 1.29 is 26.3 Å². The zero-order chi connectivity index (χ0) is 15.4. The lowest BCUT2D eigenvalue weighted by Gasteiger charge is -2.18. The van der Waals surface area contributed by atoms with Gasteiger partial charge in [-0.15, -0.1) is 13.2 Å². The highest BCUT2D eigenvalue weighted by atomic mass is 32.2. The van der Waals surface area contributed by atoms with E-state index < -0.39 is 22.2 Å². The van der Waals surface area contributed by atoms with Crippen molar-refractivity contribution in [3.05, 3.63) is 29.8 Å². The van der Waals surface area contributed by atoms with Gasteiger partial charge in [0.1, 0.15) is 15.6 Å². The molecule has 0 saturated heterocycles. The molecule has 1 N–H and O–H groups in total. The van der Waals surface area contributed by atoms with Crippen molar-refractivity contribution >= 4 is 9.84 Å². The number of ether oxygens (including phenoxy) is 1. The zero-order valence-corrected chi connectivity index (χ0v) is 11.9. The van der Waals surface area contributed by atoms with Crippen molar-refractivity contribution in [2.45, 2.75) is 19.3 Å². The van der Waals surface area contributed by atoms with Gasteiger partial charge in [0, 0.05) is 12.3 Å². The molecule has 0 bridgehead atoms. The van der Waals surface area contributed by atoms with Crippen molar-refractivity contribution in [2.75, 3.05) is 18.6 Å². The summed E-state index contributed by atoms with van der Waals surface area (Å²) in [5.41, 5.74) is 0.430. The first-order valence-corrected chi connectivity index (χ1v) is 7.93. The zero-order valence-electron chi connectivity index (χ0n) is 11.1. The fourth-order valence-electron chi connectivity index (χ4n) is 1.75. The second-order valence-corrected chi connectivity index (χ2v) is 6.51. The fraction of sp³-hybridized carbons (Fsp3) is 0.500. The molecule has 1 atom stereocenters. The molecule has 8 heteroatoms. The maximum atomic E-state index is 12.2. The van der Waals surface area contributed by atoms with E-state index >= 15 is 0 Å². The van der Waals surface area contributed by atoms with Crippen LogP contribution in [0.15, 0.2) is 24.3 Å². The largest absolute Gasteiger partial charge is 0.573 e. The van der Waals surface area contributed by atoms with Gasteiger partial charge in [-0.1, -0.05) is 19.1 Å². The van der Waals surface area contributed by atoms with Gasteiger partial charge in [-0.3, -0.25) is 0 Å². The molecular formula is C12H16F3NO3S. The summed E-state index contributed by atoms with van der Waals surface area (Å²) in [4.78, 5) is 0. The normalized spacial score (nSPS) is 14.1. The predicted octanol–water partition coefficient (Wildman–Crippen LogP) is 2.28. The van der Waals surface area contributed by atoms with Gasteiger partial charge in [0.25, 0.3) is 0 Å². The Morgan fingerprint density at radius 3 is 2.50 bits per heavy atom. The third kappa shape index (κ3) is 6.25. The minimum absolute atomic E-state index is 0.198. The van der Waals surface area contributed by atoms with Crippen LogP contribution >= 0.6 is 0 Å². The van der Waals surface area contributed by atoms with Gasteiger partial charge in [-0.25, -0.2) is 8.42 Å². The Bertz CT molecular complexity index is 543. The van der Waals surface area contributed by atoms with E-state index in [9.17, 15) is 21.6 Å². The Morgan fingerprint density at radius 2 is 2.00 bits per heavy atom. The van der Waals surface area contributed by atoms with E-state index in [1.807, 2.05) is 0 Å². The van der Waals surface area contributed by atoms with E-state index in [4.69, 9.17) is 0 Å². The summed E-state index contributed by atoms with van der Waals surface area (Å²) in [6.45, 7) is 2.27. The molecule has 0 aliphatic heterocycles. The molecule has 0 fully saturated rings. The van der Waals surface area contributed by atoms with Crippen LogP contribution in [0.5, 0.6) is 5.75 Å². The van der Waals surface area contributed by atoms with Gasteiger partial charge in [-0.2, -0.15) is 0 Å². The number of rotatable bonds is 6. The van der Waals surface area contributed by atoms with E-state index in [-0.39, 0.29) is 11.5 Å². The third-order valence-corrected chi connectivity index (χ3v) is 3.35. The lowest BCUT2D eigenvalue weighted by Crippen LogP contribution is -2.27. The van der Waals surface area contributed by atoms with Crippen molar-refractivity contribution in [2.24, 2.45) is 0 Å². The summed E-state index contributed by atoms with van der Waals surface area (Å²) < 4.78 is 63.0. The number of nitrogens with one attached hydrogen (secondary N) is 1. The number of halogens is 3. The van der Waals surface area contributed by atoms with Crippen LogP contribution in [0.4, 0.5) is 13.2 Å². The van der Waals surface area contributed by atoms with Crippen LogP contribution in [0.3, 0.4) is 0 Å². The second-order valence-electron chi connectivity index (χ2n) is 4.32. The van der Waals surface area contributed by atoms with E-state index in [0.717, 1.165) is 6.26 Å². The first-order valence-electron chi connectivity index (χ1n) is 5.87. The topological polar surface area (TPSA) is 55.4 Å². The van der Waals surface area contributed by atoms with E-state index in [2.05, 4.69) is 10.1 Å². The van der Waals surface area contributed by atoms with Gasteiger partial charge >= 0.3 is 6.36 Å². The average Bonchev–Trinajstić information content (AvgIpc) is 2.24. The number of alkyl halides is 3. The maximum absolute atomic E-state index is 12.2. The number of benzene rings is 1. The Morgan fingerprint density at radius 1 is 1.35 bits per heavy atom. The van der Waals surface area contributed by atoms with Crippen LogP contribution in [0.2, 0.25) is 0 Å². The van der Waals surface area contributed by atoms with Gasteiger partial charge in [0.05, 0.1) is 5.75 Å². The van der Waals surface area contributed by atoms with E-state index in [1.165, 1.54) is 18.2 Å². The van der Waals surface area contributed by atoms with Gasteiger partial charge in [-0.05, 0) is 24.2 Å². The molecule has 0 saturated carbocycles. The Hall–Kier alpha value is -1.28. The molecule has 1 aromatic rings. The van der Waals surface area contributed by atoms with E-state index in [1.54, 1.807) is 13.0 Å². The van der Waals surface area contributed by atoms with Gasteiger partial charge in [0.15, 0.2) is 0 Å². The molecule has 20 heavy (non-hydrogen) atoms. The van der Waals surface area contributed by atoms with Gasteiger partial charge in [0.2, 0.25) is 0 Å². The van der Waals surface area contributed by atoms with Crippen LogP contribution in [0.25, 0.3) is 0 Å². The highest BCUT2D eigenvalue weighted by Gasteiger charge is 2.31. The molecule has 0 aliphatic carbocycles. The summed E-state index contributed by atoms with van der Waals surface area (Å²) in [5.74, 6) is -0.567. The Kier molecular flexibility index (Phi) is 5.41. The molecule has 1 aromatic carbocycles. The maximum Gasteiger partial charge on any atom is 0.573 e. The monoisotopic (exact) mass is 311 g/mol. The molecule has 0 radical (unpaired) electrons. The average molecular weight is 311 g/mol. The second kappa shape index (κ2) is 6.45. The first kappa shape index (κ1) is 16.8. The molecule has 1 unspecified atom stereocenters. The van der Waals surface area contributed by atoms with Crippen LogP contribution in [0, 0.1) is 0 Å². The summed E-state index contributed by atoms with van der Waals surface area (Å²) >= 11 is 0. The van der Waals surface area contributed by atoms with Gasteiger partial charge < -0.3 is 10.1 Å². The number of sulfone groups is 1. The minimum Gasteiger partial charge on any atom is -0.406 e. The Labute approximate surface area is 115 Å². The smallest absolute Gasteiger partial charge is 0.406 e. The van der Waals surface area contributed by atoms with Crippen LogP contribution in [0.1, 0.15) is 18.5 Å². The molecule has 0 spiro atoms. The molecule has 4 nitrogen and oxygen atoms in total. The molecule has 0 aliphatic rings. The molecule has 114 valence electrons. The van der Waals surface area contributed by atoms with Crippen molar-refractivity contribution in [3.63, 3.8) is 0 Å². The summed E-state index contributed by atoms with van der Waals surface area (Å²) in [7, 11) is -3.27. The molecule has 0 heterocycles. The van der Waals surface area contributed by atoms with Crippen molar-refractivity contribution in [1.82, 2.24) is 5.32 Å². The third-order valence-electron chi connectivity index (χ3n) is 2.41. The highest BCUT2D eigenvalue weighted by Crippen LogP contribution is 2.26. The quantitative estimate of drug-likeness (QED) is 0.876. The van der Waals surface area contributed by atoms with Crippen LogP contribution in [-0.4, -0.2) is 33.3 Å². The van der Waals surface area contributed by atoms with Crippen molar-refractivity contribution in [3.8, 4) is 5.75 Å². The molecule has 1 rings (SSSR count). The predicted molar refractivity (Wildman–Crippen MR) is 69.3 cm³/mol. The summed E-state index contributed by atoms with van der Waals surface area (Å²) in [6, 6.07) is 4.73. The first-order chi connectivity index (χ1) is 9.11. The Balaban J connectivity index is 2.99. The highest BCUT2D eigenvalue weighted by molar-refractivity contribution is 7.90.